The first-order valence-electron chi connectivity index (χ1n) is 6.20. The summed E-state index contributed by atoms with van der Waals surface area (Å²) in [6, 6.07) is 0. The van der Waals surface area contributed by atoms with Gasteiger partial charge in [0.25, 0.3) is 0 Å². The highest BCUT2D eigenvalue weighted by Crippen LogP contribution is 2.19. The van der Waals surface area contributed by atoms with E-state index in [9.17, 15) is 4.79 Å². The Labute approximate surface area is 107 Å². The number of nitrogens with zero attached hydrogens (tertiary/aromatic N) is 3. The summed E-state index contributed by atoms with van der Waals surface area (Å²) < 4.78 is 0. The van der Waals surface area contributed by atoms with Gasteiger partial charge in [-0.1, -0.05) is 0 Å². The smallest absolute Gasteiger partial charge is 0.225 e. The van der Waals surface area contributed by atoms with E-state index in [0.717, 1.165) is 44.0 Å². The number of amides is 1. The van der Waals surface area contributed by atoms with E-state index >= 15 is 0 Å². The van der Waals surface area contributed by atoms with Crippen molar-refractivity contribution in [3.8, 4) is 0 Å². The summed E-state index contributed by atoms with van der Waals surface area (Å²) >= 11 is 0. The lowest BCUT2D eigenvalue weighted by Crippen LogP contribution is -2.39. The van der Waals surface area contributed by atoms with Gasteiger partial charge >= 0.3 is 0 Å². The van der Waals surface area contributed by atoms with Crippen molar-refractivity contribution in [1.82, 2.24) is 15.3 Å². The topological polar surface area (TPSA) is 84.1 Å². The number of piperidine rings is 1. The van der Waals surface area contributed by atoms with Crippen molar-refractivity contribution in [2.75, 3.05) is 25.0 Å². The summed E-state index contributed by atoms with van der Waals surface area (Å²) in [5.41, 5.74) is 6.37. The first-order valence-corrected chi connectivity index (χ1v) is 6.20. The number of rotatable bonds is 4. The molecule has 18 heavy (non-hydrogen) atoms. The van der Waals surface area contributed by atoms with Crippen LogP contribution in [0, 0.1) is 5.92 Å². The largest absolute Gasteiger partial charge is 0.369 e. The minimum absolute atomic E-state index is 0.00446. The van der Waals surface area contributed by atoms with E-state index in [0.29, 0.717) is 0 Å². The van der Waals surface area contributed by atoms with Gasteiger partial charge in [0.2, 0.25) is 11.9 Å². The van der Waals surface area contributed by atoms with E-state index in [1.54, 1.807) is 0 Å². The maximum absolute atomic E-state index is 11.1. The Bertz CT molecular complexity index is 397. The molecule has 0 aromatic carbocycles. The fourth-order valence-corrected chi connectivity index (χ4v) is 2.17. The van der Waals surface area contributed by atoms with Crippen LogP contribution in [-0.2, 0) is 11.3 Å². The number of anilines is 1. The molecule has 1 saturated heterocycles. The van der Waals surface area contributed by atoms with Crippen molar-refractivity contribution >= 4 is 11.9 Å². The van der Waals surface area contributed by atoms with Gasteiger partial charge in [-0.15, -0.1) is 0 Å². The van der Waals surface area contributed by atoms with Gasteiger partial charge in [0.05, 0.1) is 0 Å². The Hall–Kier alpha value is -1.69. The number of hydrogen-bond donors (Lipinski definition) is 2. The number of carbonyl (C=O) groups excluding carboxylic acids is 1. The van der Waals surface area contributed by atoms with Crippen LogP contribution in [0.4, 0.5) is 5.95 Å². The summed E-state index contributed by atoms with van der Waals surface area (Å²) in [4.78, 5) is 21.9. The first-order chi connectivity index (χ1) is 8.70. The molecule has 6 nitrogen and oxygen atoms in total. The summed E-state index contributed by atoms with van der Waals surface area (Å²) in [6.45, 7) is 2.35. The number of primary amides is 1. The molecule has 2 rings (SSSR count). The third-order valence-corrected chi connectivity index (χ3v) is 3.25. The van der Waals surface area contributed by atoms with Crippen LogP contribution in [0.1, 0.15) is 18.4 Å². The molecule has 0 spiro atoms. The lowest BCUT2D eigenvalue weighted by atomic mass is 9.96. The van der Waals surface area contributed by atoms with Crippen molar-refractivity contribution in [3.63, 3.8) is 0 Å². The highest BCUT2D eigenvalue weighted by Gasteiger charge is 2.24. The van der Waals surface area contributed by atoms with E-state index < -0.39 is 0 Å². The van der Waals surface area contributed by atoms with Crippen LogP contribution in [0.15, 0.2) is 12.4 Å². The average Bonchev–Trinajstić information content (AvgIpc) is 2.40. The predicted molar refractivity (Wildman–Crippen MR) is 68.9 cm³/mol. The second-order valence-electron chi connectivity index (χ2n) is 4.59. The minimum atomic E-state index is -0.195. The van der Waals surface area contributed by atoms with Crippen LogP contribution >= 0.6 is 0 Å². The molecule has 1 aliphatic rings. The van der Waals surface area contributed by atoms with Crippen molar-refractivity contribution in [2.45, 2.75) is 19.4 Å². The lowest BCUT2D eigenvalue weighted by Gasteiger charge is -2.30. The summed E-state index contributed by atoms with van der Waals surface area (Å²) in [7, 11) is 1.89. The highest BCUT2D eigenvalue weighted by atomic mass is 16.1. The van der Waals surface area contributed by atoms with Gasteiger partial charge in [-0.05, 0) is 19.9 Å². The van der Waals surface area contributed by atoms with E-state index in [1.807, 2.05) is 19.4 Å². The first kappa shape index (κ1) is 12.8. The molecule has 0 aliphatic carbocycles. The average molecular weight is 249 g/mol. The van der Waals surface area contributed by atoms with Gasteiger partial charge in [0.1, 0.15) is 0 Å². The van der Waals surface area contributed by atoms with Gasteiger partial charge < -0.3 is 16.0 Å². The molecule has 0 saturated carbocycles. The zero-order valence-electron chi connectivity index (χ0n) is 10.6. The van der Waals surface area contributed by atoms with Crippen LogP contribution in [0.3, 0.4) is 0 Å². The van der Waals surface area contributed by atoms with Crippen molar-refractivity contribution in [1.29, 1.82) is 0 Å². The quantitative estimate of drug-likeness (QED) is 0.778. The zero-order chi connectivity index (χ0) is 13.0. The molecule has 1 aliphatic heterocycles. The molecule has 1 aromatic rings. The third-order valence-electron chi connectivity index (χ3n) is 3.25. The van der Waals surface area contributed by atoms with E-state index in [4.69, 9.17) is 5.73 Å². The van der Waals surface area contributed by atoms with Crippen LogP contribution < -0.4 is 16.0 Å². The van der Waals surface area contributed by atoms with E-state index in [-0.39, 0.29) is 11.8 Å². The molecule has 6 heteroatoms. The van der Waals surface area contributed by atoms with Gasteiger partial charge in [0.15, 0.2) is 0 Å². The molecular formula is C12H19N5O. The molecule has 3 N–H and O–H groups in total. The summed E-state index contributed by atoms with van der Waals surface area (Å²) in [5.74, 6) is 0.544. The number of nitrogens with one attached hydrogen (secondary N) is 1. The SMILES string of the molecule is CNCc1cnc(N2CCC(C(N)=O)CC2)nc1. The monoisotopic (exact) mass is 249 g/mol. The van der Waals surface area contributed by atoms with E-state index in [1.165, 1.54) is 0 Å². The van der Waals surface area contributed by atoms with Crippen molar-refractivity contribution in [3.05, 3.63) is 18.0 Å². The van der Waals surface area contributed by atoms with Crippen LogP contribution in [0.2, 0.25) is 0 Å². The molecular weight excluding hydrogens is 230 g/mol. The van der Waals surface area contributed by atoms with Crippen LogP contribution in [0.5, 0.6) is 0 Å². The Morgan fingerprint density at radius 2 is 2.06 bits per heavy atom. The molecule has 0 atom stereocenters. The number of hydrogen-bond acceptors (Lipinski definition) is 5. The Balaban J connectivity index is 1.95. The summed E-state index contributed by atoms with van der Waals surface area (Å²) in [5, 5.41) is 3.06. The van der Waals surface area contributed by atoms with Crippen molar-refractivity contribution in [2.24, 2.45) is 11.7 Å². The maximum atomic E-state index is 11.1. The highest BCUT2D eigenvalue weighted by molar-refractivity contribution is 5.76. The van der Waals surface area contributed by atoms with Gasteiger partial charge in [0, 0.05) is 43.5 Å². The number of nitrogens with two attached hydrogens (primary N) is 1. The van der Waals surface area contributed by atoms with Gasteiger partial charge in [-0.3, -0.25) is 4.79 Å². The molecule has 2 heterocycles. The molecule has 0 bridgehead atoms. The number of carbonyl (C=O) groups is 1. The fourth-order valence-electron chi connectivity index (χ4n) is 2.17. The standard InChI is InChI=1S/C12H19N5O/c1-14-6-9-7-15-12(16-8-9)17-4-2-10(3-5-17)11(13)18/h7-8,10,14H,2-6H2,1H3,(H2,13,18). The lowest BCUT2D eigenvalue weighted by molar-refractivity contribution is -0.122. The minimum Gasteiger partial charge on any atom is -0.369 e. The second-order valence-corrected chi connectivity index (χ2v) is 4.59. The Morgan fingerprint density at radius 3 is 2.56 bits per heavy atom. The van der Waals surface area contributed by atoms with Gasteiger partial charge in [-0.25, -0.2) is 9.97 Å². The zero-order valence-corrected chi connectivity index (χ0v) is 10.6. The molecule has 0 unspecified atom stereocenters. The molecule has 1 fully saturated rings. The third kappa shape index (κ3) is 2.95. The molecule has 1 aromatic heterocycles. The van der Waals surface area contributed by atoms with Crippen LogP contribution in [-0.4, -0.2) is 36.0 Å². The normalized spacial score (nSPS) is 16.8. The Morgan fingerprint density at radius 1 is 1.44 bits per heavy atom. The molecule has 0 radical (unpaired) electrons. The van der Waals surface area contributed by atoms with Crippen molar-refractivity contribution < 1.29 is 4.79 Å². The van der Waals surface area contributed by atoms with Crippen LogP contribution in [0.25, 0.3) is 0 Å². The Kier molecular flexibility index (Phi) is 4.09. The van der Waals surface area contributed by atoms with Gasteiger partial charge in [-0.2, -0.15) is 0 Å². The van der Waals surface area contributed by atoms with E-state index in [2.05, 4.69) is 20.2 Å². The summed E-state index contributed by atoms with van der Waals surface area (Å²) in [6.07, 6.45) is 5.24. The number of aromatic nitrogens is 2. The second kappa shape index (κ2) is 5.77. The molecule has 1 amide bonds. The fraction of sp³-hybridized carbons (Fsp3) is 0.583. The molecule has 98 valence electrons. The predicted octanol–water partition coefficient (Wildman–Crippen LogP) is -0.102. The maximum Gasteiger partial charge on any atom is 0.225 e.